The molecule has 8 nitrogen and oxygen atoms in total. The van der Waals surface area contributed by atoms with E-state index >= 15 is 0 Å². The number of aromatic amines is 1. The Labute approximate surface area is 254 Å². The summed E-state index contributed by atoms with van der Waals surface area (Å²) in [7, 11) is 0. The minimum atomic E-state index is -1.20. The van der Waals surface area contributed by atoms with Crippen molar-refractivity contribution in [2.24, 2.45) is 0 Å². The molecule has 1 heterocycles. The van der Waals surface area contributed by atoms with Crippen LogP contribution in [-0.2, 0) is 16.1 Å². The fourth-order valence-electron chi connectivity index (χ4n) is 5.64. The maximum atomic E-state index is 13.9. The Morgan fingerprint density at radius 2 is 1.68 bits per heavy atom. The van der Waals surface area contributed by atoms with E-state index in [1.54, 1.807) is 19.1 Å². The van der Waals surface area contributed by atoms with Crippen molar-refractivity contribution in [3.8, 4) is 17.2 Å². The predicted octanol–water partition coefficient (Wildman–Crippen LogP) is 6.73. The maximum absolute atomic E-state index is 13.9. The lowest BCUT2D eigenvalue weighted by molar-refractivity contribution is -0.135. The van der Waals surface area contributed by atoms with Gasteiger partial charge in [0.1, 0.15) is 13.2 Å². The molecule has 0 radical (unpaired) electrons. The summed E-state index contributed by atoms with van der Waals surface area (Å²) in [5.41, 5.74) is 6.10. The van der Waals surface area contributed by atoms with Crippen LogP contribution < -0.4 is 5.32 Å². The van der Waals surface area contributed by atoms with Gasteiger partial charge in [-0.3, -0.25) is 9.59 Å². The number of esters is 1. The summed E-state index contributed by atoms with van der Waals surface area (Å²) in [6.45, 7) is 3.20. The van der Waals surface area contributed by atoms with E-state index in [9.17, 15) is 24.8 Å². The molecule has 0 aliphatic rings. The highest BCUT2D eigenvalue weighted by Gasteiger charge is 2.28. The summed E-state index contributed by atoms with van der Waals surface area (Å²) in [4.78, 5) is 41.8. The topological polar surface area (TPSA) is 132 Å². The van der Waals surface area contributed by atoms with Gasteiger partial charge in [0.2, 0.25) is 0 Å². The smallest absolute Gasteiger partial charge is 0.339 e. The average molecular weight is 586 g/mol. The van der Waals surface area contributed by atoms with Gasteiger partial charge in [-0.1, -0.05) is 79.7 Å². The van der Waals surface area contributed by atoms with E-state index in [1.165, 1.54) is 0 Å². The van der Waals surface area contributed by atoms with Gasteiger partial charge in [-0.2, -0.15) is 5.26 Å². The van der Waals surface area contributed by atoms with Crippen molar-refractivity contribution >= 4 is 28.7 Å². The molecule has 1 unspecified atom stereocenters. The molecular formula is C36H31N3O5. The first-order valence-corrected chi connectivity index (χ1v) is 14.3. The lowest BCUT2D eigenvalue weighted by atomic mass is 9.82. The molecule has 0 fully saturated rings. The Morgan fingerprint density at radius 3 is 2.41 bits per heavy atom. The number of carbonyl (C=O) groups excluding carboxylic acids is 2. The normalized spacial score (nSPS) is 11.5. The molecule has 0 saturated carbocycles. The number of ether oxygens (including phenoxy) is 1. The number of nitrogens with zero attached hydrogens (tertiary/aromatic N) is 1. The van der Waals surface area contributed by atoms with Crippen LogP contribution in [0.4, 0.5) is 0 Å². The summed E-state index contributed by atoms with van der Waals surface area (Å²) in [6, 6.07) is 28.3. The monoisotopic (exact) mass is 585 g/mol. The van der Waals surface area contributed by atoms with E-state index in [4.69, 9.17) is 4.74 Å². The molecule has 0 bridgehead atoms. The number of nitriles is 1. The van der Waals surface area contributed by atoms with Crippen LogP contribution in [0.3, 0.4) is 0 Å². The lowest BCUT2D eigenvalue weighted by Gasteiger charge is -2.22. The molecule has 0 aliphatic carbocycles. The van der Waals surface area contributed by atoms with Gasteiger partial charge < -0.3 is 20.1 Å². The number of carboxylic acid groups (broad SMARTS) is 1. The van der Waals surface area contributed by atoms with Crippen molar-refractivity contribution in [1.82, 2.24) is 10.3 Å². The number of nitrogens with one attached hydrogen (secondary N) is 2. The quantitative estimate of drug-likeness (QED) is 0.156. The number of aliphatic carboxylic acids is 1. The van der Waals surface area contributed by atoms with Crippen molar-refractivity contribution in [2.45, 2.75) is 32.8 Å². The number of benzene rings is 4. The number of aromatic nitrogens is 1. The second kappa shape index (κ2) is 13.1. The minimum absolute atomic E-state index is 0.00248. The van der Waals surface area contributed by atoms with Gasteiger partial charge in [-0.05, 0) is 58.9 Å². The number of hydrogen-bond acceptors (Lipinski definition) is 5. The third-order valence-corrected chi connectivity index (χ3v) is 7.71. The predicted molar refractivity (Wildman–Crippen MR) is 167 cm³/mol. The van der Waals surface area contributed by atoms with Crippen molar-refractivity contribution in [2.75, 3.05) is 6.54 Å². The van der Waals surface area contributed by atoms with Gasteiger partial charge in [-0.25, -0.2) is 4.79 Å². The SMILES string of the molecule is CCC(c1ccccc1-c1ccc(C)c(C(=O)NCC(=O)O)c1C(=O)OCc1ccccc1)c1c[nH]c2cc(C#N)ccc12. The van der Waals surface area contributed by atoms with Crippen LogP contribution in [0.2, 0.25) is 0 Å². The number of rotatable bonds is 10. The molecule has 3 N–H and O–H groups in total. The zero-order valence-corrected chi connectivity index (χ0v) is 24.4. The first-order chi connectivity index (χ1) is 21.3. The number of carboxylic acids is 1. The third-order valence-electron chi connectivity index (χ3n) is 7.71. The molecule has 5 rings (SSSR count). The van der Waals surface area contributed by atoms with E-state index in [-0.39, 0.29) is 23.7 Å². The van der Waals surface area contributed by atoms with Gasteiger partial charge >= 0.3 is 11.9 Å². The van der Waals surface area contributed by atoms with Gasteiger partial charge in [-0.15, -0.1) is 0 Å². The van der Waals surface area contributed by atoms with Gasteiger partial charge in [0.25, 0.3) is 5.91 Å². The number of fused-ring (bicyclic) bond motifs is 1. The van der Waals surface area contributed by atoms with E-state index in [1.807, 2.05) is 79.0 Å². The molecular weight excluding hydrogens is 554 g/mol. The van der Waals surface area contributed by atoms with Crippen LogP contribution >= 0.6 is 0 Å². The first-order valence-electron chi connectivity index (χ1n) is 14.3. The second-order valence-corrected chi connectivity index (χ2v) is 10.5. The molecule has 5 aromatic rings. The fraction of sp³-hybridized carbons (Fsp3) is 0.167. The Bertz CT molecular complexity index is 1900. The number of amides is 1. The van der Waals surface area contributed by atoms with E-state index in [0.29, 0.717) is 16.7 Å². The van der Waals surface area contributed by atoms with Crippen LogP contribution in [0, 0.1) is 18.3 Å². The zero-order chi connectivity index (χ0) is 31.2. The fourth-order valence-corrected chi connectivity index (χ4v) is 5.64. The highest BCUT2D eigenvalue weighted by molar-refractivity contribution is 6.11. The summed E-state index contributed by atoms with van der Waals surface area (Å²) in [5.74, 6) is -2.65. The van der Waals surface area contributed by atoms with Crippen LogP contribution in [-0.4, -0.2) is 34.5 Å². The molecule has 0 spiro atoms. The largest absolute Gasteiger partial charge is 0.480 e. The van der Waals surface area contributed by atoms with E-state index in [2.05, 4.69) is 23.3 Å². The molecule has 8 heteroatoms. The summed E-state index contributed by atoms with van der Waals surface area (Å²) in [6.07, 6.45) is 2.68. The van der Waals surface area contributed by atoms with E-state index in [0.717, 1.165) is 39.6 Å². The molecule has 0 saturated heterocycles. The lowest BCUT2D eigenvalue weighted by Crippen LogP contribution is -2.31. The molecule has 4 aromatic carbocycles. The van der Waals surface area contributed by atoms with Gasteiger partial charge in [0.05, 0.1) is 22.8 Å². The third kappa shape index (κ3) is 6.08. The van der Waals surface area contributed by atoms with Crippen LogP contribution in [0.1, 0.15) is 67.8 Å². The first kappa shape index (κ1) is 29.8. The molecule has 220 valence electrons. The summed E-state index contributed by atoms with van der Waals surface area (Å²) < 4.78 is 5.76. The molecule has 1 atom stereocenters. The Morgan fingerprint density at radius 1 is 0.932 bits per heavy atom. The molecule has 44 heavy (non-hydrogen) atoms. The Balaban J connectivity index is 1.66. The second-order valence-electron chi connectivity index (χ2n) is 10.5. The summed E-state index contributed by atoms with van der Waals surface area (Å²) >= 11 is 0. The highest BCUT2D eigenvalue weighted by Crippen LogP contribution is 2.40. The Hall–Kier alpha value is -5.68. The summed E-state index contributed by atoms with van der Waals surface area (Å²) in [5, 5.41) is 22.0. The number of H-pyrrole nitrogens is 1. The van der Waals surface area contributed by atoms with Crippen LogP contribution in [0.5, 0.6) is 0 Å². The molecule has 1 amide bonds. The maximum Gasteiger partial charge on any atom is 0.339 e. The van der Waals surface area contributed by atoms with Crippen molar-refractivity contribution < 1.29 is 24.2 Å². The van der Waals surface area contributed by atoms with Gasteiger partial charge in [0, 0.05) is 23.0 Å². The van der Waals surface area contributed by atoms with Crippen LogP contribution in [0.15, 0.2) is 91.1 Å². The number of carbonyl (C=O) groups is 3. The minimum Gasteiger partial charge on any atom is -0.480 e. The molecule has 1 aromatic heterocycles. The zero-order valence-electron chi connectivity index (χ0n) is 24.4. The van der Waals surface area contributed by atoms with Crippen molar-refractivity contribution in [3.63, 3.8) is 0 Å². The van der Waals surface area contributed by atoms with Crippen molar-refractivity contribution in [1.29, 1.82) is 5.26 Å². The number of aryl methyl sites for hydroxylation is 1. The molecule has 0 aliphatic heterocycles. The number of hydrogen-bond donors (Lipinski definition) is 3. The average Bonchev–Trinajstić information content (AvgIpc) is 3.46. The van der Waals surface area contributed by atoms with Crippen molar-refractivity contribution in [3.05, 3.63) is 130 Å². The Kier molecular flexibility index (Phi) is 8.87. The van der Waals surface area contributed by atoms with E-state index < -0.39 is 24.4 Å². The van der Waals surface area contributed by atoms with Crippen LogP contribution in [0.25, 0.3) is 22.0 Å². The standard InChI is InChI=1S/C36H31N3O5/c1-3-25(30-19-38-31-17-24(18-37)14-16-28(30)31)26-11-7-8-12-27(26)29-15-13-22(2)33(35(42)39-20-32(40)41)34(29)36(43)44-21-23-9-5-4-6-10-23/h4-17,19,25,38H,3,20-21H2,1-2H3,(H,39,42)(H,40,41). The highest BCUT2D eigenvalue weighted by atomic mass is 16.5. The van der Waals surface area contributed by atoms with Gasteiger partial charge in [0.15, 0.2) is 0 Å².